The van der Waals surface area contributed by atoms with E-state index in [1.54, 1.807) is 13.2 Å². The second kappa shape index (κ2) is 14.3. The van der Waals surface area contributed by atoms with Crippen LogP contribution in [0.15, 0.2) is 35.9 Å². The van der Waals surface area contributed by atoms with E-state index in [2.05, 4.69) is 20.9 Å². The van der Waals surface area contributed by atoms with Crippen molar-refractivity contribution in [3.8, 4) is 11.8 Å². The number of aromatic nitrogens is 1. The Labute approximate surface area is 234 Å². The highest BCUT2D eigenvalue weighted by molar-refractivity contribution is 6.02. The van der Waals surface area contributed by atoms with Crippen molar-refractivity contribution in [3.05, 3.63) is 41.6 Å². The van der Waals surface area contributed by atoms with Gasteiger partial charge in [0, 0.05) is 48.3 Å². The van der Waals surface area contributed by atoms with E-state index in [1.807, 2.05) is 45.0 Å². The molecule has 1 saturated heterocycles. The molecule has 1 aromatic heterocycles. The van der Waals surface area contributed by atoms with Gasteiger partial charge in [-0.05, 0) is 55.9 Å². The second-order valence-electron chi connectivity index (χ2n) is 10.6. The molecule has 2 unspecified atom stereocenters. The van der Waals surface area contributed by atoms with Crippen LogP contribution in [-0.2, 0) is 14.4 Å². The second-order valence-corrected chi connectivity index (χ2v) is 10.6. The van der Waals surface area contributed by atoms with Gasteiger partial charge in [0.2, 0.25) is 11.8 Å². The Hall–Kier alpha value is -4.13. The van der Waals surface area contributed by atoms with E-state index in [0.717, 1.165) is 10.9 Å². The zero-order valence-electron chi connectivity index (χ0n) is 23.6. The number of nitrogens with one attached hydrogen (secondary N) is 4. The van der Waals surface area contributed by atoms with Crippen molar-refractivity contribution in [2.24, 2.45) is 17.8 Å². The lowest BCUT2D eigenvalue weighted by molar-refractivity contribution is -0.127. The average molecular weight is 550 g/mol. The number of aromatic amines is 1. The summed E-state index contributed by atoms with van der Waals surface area (Å²) >= 11 is 0. The standard InChI is InChI=1S/C30H39N5O5/c1-5-10-32-29(38)21(17-31)14-22(13-19-9-11-33-28(19)37)34-30(39)20(12-18(2)3)15-26(36)25-16-23-24(35-25)7-6-8-27(23)40-4/h6-8,14,16,18-20,22,35H,5,9-13,15H2,1-4H3,(H,32,38)(H,33,37)(H,34,39)/t19?,20-,22?/m1/s1. The number of methoxy groups -OCH3 is 1. The lowest BCUT2D eigenvalue weighted by atomic mass is 9.90. The SMILES string of the molecule is CCCNC(=O)C(C#N)=CC(CC1CCNC1=O)NC(=O)[C@@H](CC(=O)c1cc2c(OC)cccc2[nH]1)CC(C)C. The lowest BCUT2D eigenvalue weighted by Gasteiger charge is -2.23. The monoisotopic (exact) mass is 549 g/mol. The Morgan fingerprint density at radius 3 is 2.67 bits per heavy atom. The van der Waals surface area contributed by atoms with Crippen LogP contribution >= 0.6 is 0 Å². The van der Waals surface area contributed by atoms with Crippen LogP contribution in [0, 0.1) is 29.1 Å². The first kappa shape index (κ1) is 30.4. The third kappa shape index (κ3) is 7.94. The number of H-pyrrole nitrogens is 1. The number of nitriles is 1. The predicted molar refractivity (Wildman–Crippen MR) is 151 cm³/mol. The van der Waals surface area contributed by atoms with Crippen LogP contribution < -0.4 is 20.7 Å². The van der Waals surface area contributed by atoms with Gasteiger partial charge in [-0.3, -0.25) is 19.2 Å². The third-order valence-electron chi connectivity index (χ3n) is 7.00. The van der Waals surface area contributed by atoms with E-state index in [9.17, 15) is 24.4 Å². The molecule has 1 aliphatic rings. The number of amides is 3. The number of benzene rings is 1. The summed E-state index contributed by atoms with van der Waals surface area (Å²) in [6, 6.07) is 8.42. The molecule has 0 radical (unpaired) electrons. The minimum atomic E-state index is -0.731. The molecule has 0 aliphatic carbocycles. The van der Waals surface area contributed by atoms with E-state index in [4.69, 9.17) is 4.74 Å². The molecular weight excluding hydrogens is 510 g/mol. The maximum atomic E-state index is 13.6. The molecule has 3 rings (SSSR count). The van der Waals surface area contributed by atoms with Gasteiger partial charge in [0.05, 0.1) is 12.8 Å². The molecule has 0 spiro atoms. The van der Waals surface area contributed by atoms with Crippen LogP contribution in [-0.4, -0.2) is 54.7 Å². The zero-order valence-corrected chi connectivity index (χ0v) is 23.6. The van der Waals surface area contributed by atoms with E-state index in [-0.39, 0.29) is 47.8 Å². The highest BCUT2D eigenvalue weighted by Gasteiger charge is 2.31. The fourth-order valence-electron chi connectivity index (χ4n) is 4.99. The Morgan fingerprint density at radius 1 is 1.27 bits per heavy atom. The quantitative estimate of drug-likeness (QED) is 0.161. The van der Waals surface area contributed by atoms with Crippen molar-refractivity contribution < 1.29 is 23.9 Å². The largest absolute Gasteiger partial charge is 0.496 e. The van der Waals surface area contributed by atoms with Crippen LogP contribution in [0.2, 0.25) is 0 Å². The summed E-state index contributed by atoms with van der Waals surface area (Å²) in [7, 11) is 1.57. The summed E-state index contributed by atoms with van der Waals surface area (Å²) in [5, 5.41) is 18.8. The highest BCUT2D eigenvalue weighted by atomic mass is 16.5. The molecule has 2 heterocycles. The van der Waals surface area contributed by atoms with Crippen LogP contribution in [0.1, 0.15) is 63.4 Å². The van der Waals surface area contributed by atoms with Crippen LogP contribution in [0.25, 0.3) is 10.9 Å². The molecule has 1 aliphatic heterocycles. The Bertz CT molecular complexity index is 1310. The number of Topliss-reactive ketones (excluding diaryl/α,β-unsaturated/α-hetero) is 1. The lowest BCUT2D eigenvalue weighted by Crippen LogP contribution is -2.41. The first-order valence-electron chi connectivity index (χ1n) is 13.8. The summed E-state index contributed by atoms with van der Waals surface area (Å²) < 4.78 is 5.40. The number of fused-ring (bicyclic) bond motifs is 1. The predicted octanol–water partition coefficient (Wildman–Crippen LogP) is 3.40. The Balaban J connectivity index is 1.83. The summed E-state index contributed by atoms with van der Waals surface area (Å²) in [5.74, 6) is -1.44. The molecule has 3 atom stereocenters. The van der Waals surface area contributed by atoms with E-state index < -0.39 is 17.9 Å². The molecule has 0 saturated carbocycles. The van der Waals surface area contributed by atoms with Crippen LogP contribution in [0.5, 0.6) is 5.75 Å². The molecule has 10 heteroatoms. The Kier molecular flexibility index (Phi) is 10.9. The zero-order chi connectivity index (χ0) is 29.2. The van der Waals surface area contributed by atoms with Gasteiger partial charge < -0.3 is 25.7 Å². The number of ether oxygens (including phenoxy) is 1. The van der Waals surface area contributed by atoms with E-state index >= 15 is 0 Å². The highest BCUT2D eigenvalue weighted by Crippen LogP contribution is 2.28. The minimum absolute atomic E-state index is 0.0262. The number of hydrogen-bond donors (Lipinski definition) is 4. The molecule has 0 bridgehead atoms. The van der Waals surface area contributed by atoms with Crippen LogP contribution in [0.3, 0.4) is 0 Å². The first-order valence-corrected chi connectivity index (χ1v) is 13.8. The van der Waals surface area contributed by atoms with Crippen molar-refractivity contribution in [1.29, 1.82) is 5.26 Å². The van der Waals surface area contributed by atoms with Crippen LogP contribution in [0.4, 0.5) is 0 Å². The van der Waals surface area contributed by atoms with Gasteiger partial charge >= 0.3 is 0 Å². The molecular formula is C30H39N5O5. The van der Waals surface area contributed by atoms with Gasteiger partial charge in [0.25, 0.3) is 5.91 Å². The topological polar surface area (TPSA) is 153 Å². The van der Waals surface area contributed by atoms with E-state index in [0.29, 0.717) is 43.8 Å². The van der Waals surface area contributed by atoms with Gasteiger partial charge in [-0.2, -0.15) is 5.26 Å². The van der Waals surface area contributed by atoms with Crippen molar-refractivity contribution in [2.45, 2.75) is 58.9 Å². The first-order chi connectivity index (χ1) is 19.2. The van der Waals surface area contributed by atoms with Crippen molar-refractivity contribution in [2.75, 3.05) is 20.2 Å². The van der Waals surface area contributed by atoms with E-state index in [1.165, 1.54) is 6.08 Å². The van der Waals surface area contributed by atoms with Gasteiger partial charge in [0.1, 0.15) is 17.4 Å². The molecule has 2 aromatic rings. The fraction of sp³-hybridized carbons (Fsp3) is 0.500. The summed E-state index contributed by atoms with van der Waals surface area (Å²) in [6.07, 6.45) is 3.41. The molecule has 4 N–H and O–H groups in total. The van der Waals surface area contributed by atoms with Gasteiger partial charge in [-0.25, -0.2) is 0 Å². The molecule has 10 nitrogen and oxygen atoms in total. The fourth-order valence-corrected chi connectivity index (χ4v) is 4.99. The number of carbonyl (C=O) groups is 4. The maximum absolute atomic E-state index is 13.6. The number of hydrogen-bond acceptors (Lipinski definition) is 6. The normalized spacial score (nSPS) is 16.8. The van der Waals surface area contributed by atoms with Crippen molar-refractivity contribution in [1.82, 2.24) is 20.9 Å². The van der Waals surface area contributed by atoms with Gasteiger partial charge in [-0.1, -0.05) is 26.8 Å². The molecule has 3 amide bonds. The number of nitrogens with zero attached hydrogens (tertiary/aromatic N) is 1. The molecule has 1 fully saturated rings. The molecule has 40 heavy (non-hydrogen) atoms. The third-order valence-corrected chi connectivity index (χ3v) is 7.00. The number of rotatable bonds is 14. The minimum Gasteiger partial charge on any atom is -0.496 e. The summed E-state index contributed by atoms with van der Waals surface area (Å²) in [4.78, 5) is 54.8. The van der Waals surface area contributed by atoms with Gasteiger partial charge in [-0.15, -0.1) is 0 Å². The summed E-state index contributed by atoms with van der Waals surface area (Å²) in [5.41, 5.74) is 1.03. The van der Waals surface area contributed by atoms with Crippen molar-refractivity contribution in [3.63, 3.8) is 0 Å². The molecule has 214 valence electrons. The maximum Gasteiger partial charge on any atom is 0.261 e. The number of ketones is 1. The number of carbonyl (C=O) groups excluding carboxylic acids is 4. The Morgan fingerprint density at radius 2 is 2.05 bits per heavy atom. The van der Waals surface area contributed by atoms with Gasteiger partial charge in [0.15, 0.2) is 5.78 Å². The van der Waals surface area contributed by atoms with Crippen molar-refractivity contribution >= 4 is 34.4 Å². The molecule has 1 aromatic carbocycles. The smallest absolute Gasteiger partial charge is 0.261 e. The summed E-state index contributed by atoms with van der Waals surface area (Å²) in [6.45, 7) is 6.81. The average Bonchev–Trinajstić information content (AvgIpc) is 3.55.